The molecule has 3 N–H and O–H groups in total. The molecule has 0 aliphatic heterocycles. The van der Waals surface area contributed by atoms with E-state index in [-0.39, 0.29) is 30.4 Å². The van der Waals surface area contributed by atoms with Crippen LogP contribution in [0.2, 0.25) is 5.02 Å². The third-order valence-corrected chi connectivity index (χ3v) is 4.76. The molecule has 0 bridgehead atoms. The van der Waals surface area contributed by atoms with Crippen molar-refractivity contribution in [1.82, 2.24) is 5.32 Å². The van der Waals surface area contributed by atoms with Crippen LogP contribution in [0, 0.1) is 0 Å². The van der Waals surface area contributed by atoms with E-state index < -0.39 is 5.91 Å². The largest absolute Gasteiger partial charge is 0.493 e. The zero-order valence-electron chi connectivity index (χ0n) is 17.5. The number of nitrogens with one attached hydrogen (secondary N) is 1. The summed E-state index contributed by atoms with van der Waals surface area (Å²) in [6.07, 6.45) is 0. The van der Waals surface area contributed by atoms with Crippen molar-refractivity contribution in [3.63, 3.8) is 0 Å². The first-order valence-corrected chi connectivity index (χ1v) is 10.2. The van der Waals surface area contributed by atoms with Gasteiger partial charge >= 0.3 is 0 Å². The lowest BCUT2D eigenvalue weighted by Crippen LogP contribution is -2.28. The van der Waals surface area contributed by atoms with Crippen molar-refractivity contribution in [3.05, 3.63) is 88.4 Å². The van der Waals surface area contributed by atoms with Gasteiger partial charge in [0.2, 0.25) is 0 Å². The summed E-state index contributed by atoms with van der Waals surface area (Å²) in [4.78, 5) is 23.7. The Morgan fingerprint density at radius 1 is 0.906 bits per heavy atom. The maximum atomic E-state index is 12.2. The highest BCUT2D eigenvalue weighted by atomic mass is 35.5. The Morgan fingerprint density at radius 3 is 2.38 bits per heavy atom. The lowest BCUT2D eigenvalue weighted by molar-refractivity contribution is -0.123. The normalized spacial score (nSPS) is 10.3. The molecule has 3 aromatic carbocycles. The molecule has 0 radical (unpaired) electrons. The first-order valence-electron chi connectivity index (χ1n) is 9.78. The molecule has 0 aliphatic carbocycles. The van der Waals surface area contributed by atoms with Crippen LogP contribution in [0.25, 0.3) is 0 Å². The van der Waals surface area contributed by atoms with Crippen LogP contribution in [0.1, 0.15) is 21.5 Å². The van der Waals surface area contributed by atoms with Gasteiger partial charge in [0, 0.05) is 11.6 Å². The van der Waals surface area contributed by atoms with E-state index in [4.69, 9.17) is 31.5 Å². The van der Waals surface area contributed by atoms with Gasteiger partial charge in [0.05, 0.1) is 12.7 Å². The summed E-state index contributed by atoms with van der Waals surface area (Å²) >= 11 is 5.87. The van der Waals surface area contributed by atoms with Gasteiger partial charge in [-0.1, -0.05) is 48.0 Å². The molecule has 0 aliphatic rings. The summed E-state index contributed by atoms with van der Waals surface area (Å²) in [6.45, 7) is 0.404. The van der Waals surface area contributed by atoms with Gasteiger partial charge in [0.15, 0.2) is 18.1 Å². The predicted molar refractivity (Wildman–Crippen MR) is 121 cm³/mol. The van der Waals surface area contributed by atoms with Gasteiger partial charge in [-0.3, -0.25) is 9.59 Å². The molecular formula is C24H23ClN2O5. The number of nitrogens with two attached hydrogens (primary N) is 1. The number of hydrogen-bond donors (Lipinski definition) is 2. The lowest BCUT2D eigenvalue weighted by Gasteiger charge is -2.13. The lowest BCUT2D eigenvalue weighted by atomic mass is 10.2. The van der Waals surface area contributed by atoms with Crippen LogP contribution < -0.4 is 25.3 Å². The summed E-state index contributed by atoms with van der Waals surface area (Å²) in [5, 5.41) is 3.10. The maximum absolute atomic E-state index is 12.2. The highest BCUT2D eigenvalue weighted by Crippen LogP contribution is 2.29. The zero-order valence-corrected chi connectivity index (χ0v) is 18.2. The Bertz CT molecular complexity index is 1090. The Balaban J connectivity index is 1.54. The zero-order chi connectivity index (χ0) is 22.9. The summed E-state index contributed by atoms with van der Waals surface area (Å²) in [7, 11) is 1.56. The average molecular weight is 455 g/mol. The van der Waals surface area contributed by atoms with Crippen molar-refractivity contribution < 1.29 is 23.8 Å². The average Bonchev–Trinajstić information content (AvgIpc) is 2.81. The first-order chi connectivity index (χ1) is 15.5. The quantitative estimate of drug-likeness (QED) is 0.486. The number of methoxy groups -OCH3 is 1. The molecule has 3 aromatic rings. The summed E-state index contributed by atoms with van der Waals surface area (Å²) in [6, 6.07) is 19.7. The van der Waals surface area contributed by atoms with Crippen LogP contribution in [0.3, 0.4) is 0 Å². The van der Waals surface area contributed by atoms with Crippen molar-refractivity contribution in [2.24, 2.45) is 5.73 Å². The highest BCUT2D eigenvalue weighted by Gasteiger charge is 2.12. The molecule has 0 unspecified atom stereocenters. The van der Waals surface area contributed by atoms with Crippen LogP contribution in [-0.2, 0) is 17.9 Å². The Labute approximate surface area is 191 Å². The number of amides is 2. The molecule has 32 heavy (non-hydrogen) atoms. The molecule has 3 rings (SSSR count). The highest BCUT2D eigenvalue weighted by molar-refractivity contribution is 6.31. The second-order valence-corrected chi connectivity index (χ2v) is 7.27. The second kappa shape index (κ2) is 11.1. The minimum Gasteiger partial charge on any atom is -0.493 e. The topological polar surface area (TPSA) is 99.9 Å². The van der Waals surface area contributed by atoms with Gasteiger partial charge in [0.25, 0.3) is 11.8 Å². The SMILES string of the molecule is COc1cc(CNC(=O)COc2ccc(Cl)cc2C(N)=O)ccc1OCc1ccccc1. The van der Waals surface area contributed by atoms with Crippen molar-refractivity contribution >= 4 is 23.4 Å². The van der Waals surface area contributed by atoms with Crippen molar-refractivity contribution in [2.45, 2.75) is 13.2 Å². The second-order valence-electron chi connectivity index (χ2n) is 6.83. The van der Waals surface area contributed by atoms with Crippen LogP contribution >= 0.6 is 11.6 Å². The van der Waals surface area contributed by atoms with Crippen LogP contribution in [-0.4, -0.2) is 25.5 Å². The third kappa shape index (κ3) is 6.39. The molecule has 8 heteroatoms. The van der Waals surface area contributed by atoms with E-state index in [2.05, 4.69) is 5.32 Å². The molecule has 0 fully saturated rings. The van der Waals surface area contributed by atoms with Gasteiger partial charge in [-0.15, -0.1) is 0 Å². The number of primary amides is 1. The maximum Gasteiger partial charge on any atom is 0.258 e. The van der Waals surface area contributed by atoms with E-state index in [1.807, 2.05) is 36.4 Å². The van der Waals surface area contributed by atoms with Crippen molar-refractivity contribution in [2.75, 3.05) is 13.7 Å². The number of carbonyl (C=O) groups excluding carboxylic acids is 2. The molecule has 0 atom stereocenters. The molecule has 0 aromatic heterocycles. The van der Waals surface area contributed by atoms with Crippen LogP contribution in [0.15, 0.2) is 66.7 Å². The fourth-order valence-electron chi connectivity index (χ4n) is 2.89. The molecule has 166 valence electrons. The molecule has 2 amide bonds. The number of carbonyl (C=O) groups is 2. The van der Waals surface area contributed by atoms with Crippen LogP contribution in [0.4, 0.5) is 0 Å². The predicted octanol–water partition coefficient (Wildman–Crippen LogP) is 3.72. The molecule has 0 saturated heterocycles. The summed E-state index contributed by atoms with van der Waals surface area (Å²) in [5.74, 6) is 0.314. The molecule has 7 nitrogen and oxygen atoms in total. The standard InChI is InChI=1S/C24H23ClN2O5/c1-30-22-11-17(7-9-21(22)31-14-16-5-3-2-4-6-16)13-27-23(28)15-32-20-10-8-18(25)12-19(20)24(26)29/h2-12H,13-15H2,1H3,(H2,26,29)(H,27,28). The Morgan fingerprint density at radius 2 is 1.66 bits per heavy atom. The van der Waals surface area contributed by atoms with E-state index >= 15 is 0 Å². The summed E-state index contributed by atoms with van der Waals surface area (Å²) < 4.78 is 16.7. The van der Waals surface area contributed by atoms with E-state index in [9.17, 15) is 9.59 Å². The smallest absolute Gasteiger partial charge is 0.258 e. The molecule has 0 heterocycles. The Hall–Kier alpha value is -3.71. The van der Waals surface area contributed by atoms with Gasteiger partial charge < -0.3 is 25.3 Å². The van der Waals surface area contributed by atoms with Gasteiger partial charge in [0.1, 0.15) is 12.4 Å². The number of halogens is 1. The number of benzene rings is 3. The van der Waals surface area contributed by atoms with Crippen molar-refractivity contribution in [1.29, 1.82) is 0 Å². The van der Waals surface area contributed by atoms with Crippen LogP contribution in [0.5, 0.6) is 17.2 Å². The van der Waals surface area contributed by atoms with E-state index in [1.165, 1.54) is 12.1 Å². The monoisotopic (exact) mass is 454 g/mol. The number of hydrogen-bond acceptors (Lipinski definition) is 5. The fourth-order valence-corrected chi connectivity index (χ4v) is 3.06. The van der Waals surface area contributed by atoms with Gasteiger partial charge in [-0.25, -0.2) is 0 Å². The third-order valence-electron chi connectivity index (χ3n) is 4.52. The van der Waals surface area contributed by atoms with Gasteiger partial charge in [-0.2, -0.15) is 0 Å². The minimum absolute atomic E-state index is 0.112. The molecular weight excluding hydrogens is 432 g/mol. The molecule has 0 spiro atoms. The Kier molecular flexibility index (Phi) is 7.94. The summed E-state index contributed by atoms with van der Waals surface area (Å²) in [5.41, 5.74) is 7.30. The number of ether oxygens (including phenoxy) is 3. The molecule has 0 saturated carbocycles. The van der Waals surface area contributed by atoms with Gasteiger partial charge in [-0.05, 0) is 41.5 Å². The number of rotatable bonds is 10. The van der Waals surface area contributed by atoms with E-state index in [0.717, 1.165) is 11.1 Å². The van der Waals surface area contributed by atoms with E-state index in [1.54, 1.807) is 25.3 Å². The van der Waals surface area contributed by atoms with E-state index in [0.29, 0.717) is 23.1 Å². The minimum atomic E-state index is -0.690. The fraction of sp³-hybridized carbons (Fsp3) is 0.167. The van der Waals surface area contributed by atoms with Crippen molar-refractivity contribution in [3.8, 4) is 17.2 Å². The first kappa shape index (κ1) is 23.0.